The van der Waals surface area contributed by atoms with Crippen molar-refractivity contribution in [2.45, 2.75) is 6.18 Å². The summed E-state index contributed by atoms with van der Waals surface area (Å²) in [6.45, 7) is 0. The van der Waals surface area contributed by atoms with E-state index in [9.17, 15) is 22.4 Å². The van der Waals surface area contributed by atoms with Crippen LogP contribution in [-0.4, -0.2) is 61.1 Å². The maximum Gasteiger partial charge on any atom is 0.419 e. The molecule has 11 nitrogen and oxygen atoms in total. The number of nitrogens with zero attached hydrogens (tertiary/aromatic N) is 7. The first-order valence-corrected chi connectivity index (χ1v) is 11.9. The van der Waals surface area contributed by atoms with Crippen LogP contribution in [0.1, 0.15) is 15.9 Å². The number of carbonyl (C=O) groups excluding carboxylic acids is 1. The number of hydrogen-bond donors (Lipinski definition) is 2. The number of rotatable bonds is 6. The van der Waals surface area contributed by atoms with E-state index in [2.05, 4.69) is 30.7 Å². The van der Waals surface area contributed by atoms with Gasteiger partial charge in [0.25, 0.3) is 5.91 Å². The molecular formula is C24H20ClF4N9O2. The summed E-state index contributed by atoms with van der Waals surface area (Å²) >= 11 is 6.65. The van der Waals surface area contributed by atoms with Gasteiger partial charge in [0.15, 0.2) is 28.5 Å². The summed E-state index contributed by atoms with van der Waals surface area (Å²) in [7, 11) is 5.85. The number of aromatic nitrogens is 6. The summed E-state index contributed by atoms with van der Waals surface area (Å²) in [5.41, 5.74) is -1.57. The van der Waals surface area contributed by atoms with Gasteiger partial charge in [-0.3, -0.25) is 4.79 Å². The van der Waals surface area contributed by atoms with Crippen LogP contribution in [0, 0.1) is 5.82 Å². The minimum absolute atomic E-state index is 0.0298. The Bertz CT molecular complexity index is 1780. The zero-order valence-electron chi connectivity index (χ0n) is 21.3. The van der Waals surface area contributed by atoms with Gasteiger partial charge in [0.1, 0.15) is 16.4 Å². The summed E-state index contributed by atoms with van der Waals surface area (Å²) in [5.74, 6) is -1.57. The summed E-state index contributed by atoms with van der Waals surface area (Å²) in [6, 6.07) is 1.54. The van der Waals surface area contributed by atoms with Crippen LogP contribution in [0.15, 0.2) is 36.9 Å². The Morgan fingerprint density at radius 2 is 1.88 bits per heavy atom. The monoisotopic (exact) mass is 577 g/mol. The van der Waals surface area contributed by atoms with Gasteiger partial charge >= 0.3 is 6.18 Å². The molecule has 4 heterocycles. The standard InChI is InChI=1S/C24H20ClF4N9O2/c1-30-20-18-15(10-33-38(18)6-5-31-20)40-14-9-32-21-19(16(14)25)37(4)23(35-21)34-11-7-12(22(39)36(2)3)17(26)13(8-11)24(27,28)29/h5-10H,1-4H3,(H,30,31)(H,32,34,35). The third-order valence-electron chi connectivity index (χ3n) is 5.93. The molecule has 0 bridgehead atoms. The van der Waals surface area contributed by atoms with Gasteiger partial charge in [-0.2, -0.15) is 23.3 Å². The molecule has 0 atom stereocenters. The lowest BCUT2D eigenvalue weighted by atomic mass is 10.1. The Hall–Kier alpha value is -4.66. The number of carbonyl (C=O) groups is 1. The van der Waals surface area contributed by atoms with Gasteiger partial charge in [0, 0.05) is 46.3 Å². The van der Waals surface area contributed by atoms with Crippen LogP contribution < -0.4 is 15.4 Å². The molecule has 0 aliphatic heterocycles. The fraction of sp³-hybridized carbons (Fsp3) is 0.208. The summed E-state index contributed by atoms with van der Waals surface area (Å²) in [5, 5.41) is 10.0. The highest BCUT2D eigenvalue weighted by atomic mass is 35.5. The molecule has 0 saturated heterocycles. The van der Waals surface area contributed by atoms with E-state index in [0.29, 0.717) is 28.7 Å². The summed E-state index contributed by atoms with van der Waals surface area (Å²) in [4.78, 5) is 26.2. The van der Waals surface area contributed by atoms with E-state index in [-0.39, 0.29) is 28.1 Å². The molecule has 1 aromatic carbocycles. The van der Waals surface area contributed by atoms with E-state index in [1.165, 1.54) is 31.1 Å². The Kier molecular flexibility index (Phi) is 6.61. The fourth-order valence-electron chi connectivity index (χ4n) is 4.02. The average molecular weight is 578 g/mol. The van der Waals surface area contributed by atoms with Gasteiger partial charge < -0.3 is 24.8 Å². The zero-order valence-corrected chi connectivity index (χ0v) is 22.1. The number of amides is 1. The number of halogens is 5. The molecule has 0 radical (unpaired) electrons. The van der Waals surface area contributed by atoms with Crippen molar-refractivity contribution in [3.05, 3.63) is 58.9 Å². The Morgan fingerprint density at radius 3 is 2.55 bits per heavy atom. The second kappa shape index (κ2) is 9.82. The van der Waals surface area contributed by atoms with E-state index in [1.54, 1.807) is 31.0 Å². The maximum absolute atomic E-state index is 14.7. The second-order valence-electron chi connectivity index (χ2n) is 8.74. The van der Waals surface area contributed by atoms with Gasteiger partial charge in [0.2, 0.25) is 5.95 Å². The molecule has 5 aromatic rings. The summed E-state index contributed by atoms with van der Waals surface area (Å²) < 4.78 is 64.4. The van der Waals surface area contributed by atoms with E-state index in [4.69, 9.17) is 16.3 Å². The van der Waals surface area contributed by atoms with E-state index in [1.807, 2.05) is 0 Å². The molecule has 16 heteroatoms. The van der Waals surface area contributed by atoms with Gasteiger partial charge in [-0.25, -0.2) is 18.9 Å². The molecule has 208 valence electrons. The van der Waals surface area contributed by atoms with Crippen LogP contribution in [-0.2, 0) is 13.2 Å². The number of hydrogen-bond acceptors (Lipinski definition) is 8. The SMILES string of the molecule is CNc1nccn2ncc(Oc3cnc4nc(Nc5cc(C(=O)N(C)C)c(F)c(C(F)(F)F)c5)n(C)c4c3Cl)c12. The largest absolute Gasteiger partial charge is 0.450 e. The first-order valence-electron chi connectivity index (χ1n) is 11.5. The lowest BCUT2D eigenvalue weighted by molar-refractivity contribution is -0.140. The minimum atomic E-state index is -5.05. The number of aryl methyl sites for hydroxylation is 1. The number of ether oxygens (including phenoxy) is 1. The van der Waals surface area contributed by atoms with Gasteiger partial charge in [-0.1, -0.05) is 11.6 Å². The molecule has 40 heavy (non-hydrogen) atoms. The molecular weight excluding hydrogens is 558 g/mol. The third kappa shape index (κ3) is 4.57. The number of nitrogens with one attached hydrogen (secondary N) is 2. The van der Waals surface area contributed by atoms with Crippen molar-refractivity contribution in [2.75, 3.05) is 31.8 Å². The summed E-state index contributed by atoms with van der Waals surface area (Å²) in [6.07, 6.45) is 0.982. The lowest BCUT2D eigenvalue weighted by Gasteiger charge is -2.17. The molecule has 1 amide bonds. The quantitative estimate of drug-likeness (QED) is 0.268. The molecule has 0 fully saturated rings. The molecule has 4 aromatic heterocycles. The van der Waals surface area contributed by atoms with E-state index < -0.39 is 29.0 Å². The Morgan fingerprint density at radius 1 is 1.12 bits per heavy atom. The predicted octanol–water partition coefficient (Wildman–Crippen LogP) is 5.10. The van der Waals surface area contributed by atoms with Crippen LogP contribution in [0.2, 0.25) is 5.02 Å². The first-order chi connectivity index (χ1) is 18.9. The lowest BCUT2D eigenvalue weighted by Crippen LogP contribution is -2.24. The van der Waals surface area contributed by atoms with Crippen molar-refractivity contribution >= 4 is 51.6 Å². The predicted molar refractivity (Wildman–Crippen MR) is 139 cm³/mol. The molecule has 0 aliphatic rings. The van der Waals surface area contributed by atoms with Crippen LogP contribution in [0.4, 0.5) is 35.0 Å². The Balaban J connectivity index is 1.55. The maximum atomic E-state index is 14.7. The number of anilines is 3. The van der Waals surface area contributed by atoms with Gasteiger partial charge in [0.05, 0.1) is 23.5 Å². The molecule has 0 saturated carbocycles. The number of benzene rings is 1. The highest BCUT2D eigenvalue weighted by Gasteiger charge is 2.37. The first kappa shape index (κ1) is 26.9. The molecule has 0 unspecified atom stereocenters. The van der Waals surface area contributed by atoms with Crippen LogP contribution in [0.3, 0.4) is 0 Å². The van der Waals surface area contributed by atoms with Crippen LogP contribution in [0.5, 0.6) is 11.5 Å². The number of fused-ring (bicyclic) bond motifs is 2. The van der Waals surface area contributed by atoms with Gasteiger partial charge in [-0.05, 0) is 12.1 Å². The van der Waals surface area contributed by atoms with Crippen molar-refractivity contribution < 1.29 is 27.1 Å². The number of pyridine rings is 1. The third-order valence-corrected chi connectivity index (χ3v) is 6.30. The van der Waals surface area contributed by atoms with Crippen molar-refractivity contribution in [3.63, 3.8) is 0 Å². The van der Waals surface area contributed by atoms with Crippen molar-refractivity contribution in [1.82, 2.24) is 34.0 Å². The number of alkyl halides is 3. The molecule has 2 N–H and O–H groups in total. The van der Waals surface area contributed by atoms with Crippen LogP contribution >= 0.6 is 11.6 Å². The molecule has 0 spiro atoms. The highest BCUT2D eigenvalue weighted by molar-refractivity contribution is 6.36. The van der Waals surface area contributed by atoms with Crippen LogP contribution in [0.25, 0.3) is 16.7 Å². The van der Waals surface area contributed by atoms with Crippen molar-refractivity contribution in [1.29, 1.82) is 0 Å². The normalized spacial score (nSPS) is 11.7. The van der Waals surface area contributed by atoms with Crippen molar-refractivity contribution in [2.24, 2.45) is 7.05 Å². The minimum Gasteiger partial charge on any atom is -0.450 e. The van der Waals surface area contributed by atoms with E-state index >= 15 is 0 Å². The zero-order chi connectivity index (χ0) is 28.9. The average Bonchev–Trinajstić information content (AvgIpc) is 3.46. The topological polar surface area (TPSA) is 114 Å². The molecule has 0 aliphatic carbocycles. The smallest absolute Gasteiger partial charge is 0.419 e. The second-order valence-corrected chi connectivity index (χ2v) is 9.12. The van der Waals surface area contributed by atoms with Gasteiger partial charge in [-0.15, -0.1) is 0 Å². The molecule has 5 rings (SSSR count). The van der Waals surface area contributed by atoms with E-state index in [0.717, 1.165) is 11.0 Å². The Labute approximate surface area is 228 Å². The fourth-order valence-corrected chi connectivity index (χ4v) is 4.32. The number of imidazole rings is 1. The highest BCUT2D eigenvalue weighted by Crippen LogP contribution is 2.39. The van der Waals surface area contributed by atoms with Crippen molar-refractivity contribution in [3.8, 4) is 11.5 Å².